The highest BCUT2D eigenvalue weighted by molar-refractivity contribution is 14.0. The maximum absolute atomic E-state index is 12.9. The van der Waals surface area contributed by atoms with Crippen molar-refractivity contribution < 1.29 is 22.3 Å². The lowest BCUT2D eigenvalue weighted by molar-refractivity contribution is -0.154. The van der Waals surface area contributed by atoms with Crippen molar-refractivity contribution in [1.82, 2.24) is 15.6 Å². The first-order chi connectivity index (χ1) is 13.4. The summed E-state index contributed by atoms with van der Waals surface area (Å²) < 4.78 is 54.8. The van der Waals surface area contributed by atoms with Crippen molar-refractivity contribution in [2.45, 2.75) is 26.1 Å². The van der Waals surface area contributed by atoms with E-state index in [9.17, 15) is 17.6 Å². The summed E-state index contributed by atoms with van der Waals surface area (Å²) in [4.78, 5) is 8.22. The molecule has 0 bridgehead atoms. The molecule has 0 fully saturated rings. The Labute approximate surface area is 184 Å². The summed E-state index contributed by atoms with van der Waals surface area (Å²) in [6.07, 6.45) is -2.41. The fraction of sp³-hybridized carbons (Fsp3) is 0.368. The molecule has 5 nitrogen and oxygen atoms in total. The lowest BCUT2D eigenvalue weighted by Crippen LogP contribution is -2.38. The number of alkyl halides is 3. The summed E-state index contributed by atoms with van der Waals surface area (Å²) in [7, 11) is 0. The van der Waals surface area contributed by atoms with Crippen molar-refractivity contribution in [3.8, 4) is 5.88 Å². The maximum atomic E-state index is 12.9. The minimum atomic E-state index is -4.44. The second-order valence-electron chi connectivity index (χ2n) is 5.87. The number of hydrogen-bond donors (Lipinski definition) is 2. The number of hydrogen-bond acceptors (Lipinski definition) is 3. The van der Waals surface area contributed by atoms with Crippen LogP contribution in [0.1, 0.15) is 18.1 Å². The van der Waals surface area contributed by atoms with Crippen LogP contribution in [0.5, 0.6) is 5.88 Å². The number of aliphatic imine (C=N–C) groups is 1. The zero-order valence-electron chi connectivity index (χ0n) is 15.8. The molecule has 0 aliphatic carbocycles. The van der Waals surface area contributed by atoms with Gasteiger partial charge < -0.3 is 15.4 Å². The molecule has 2 aromatic rings. The minimum Gasteiger partial charge on any atom is -0.468 e. The topological polar surface area (TPSA) is 58.5 Å². The highest BCUT2D eigenvalue weighted by Gasteiger charge is 2.29. The van der Waals surface area contributed by atoms with Crippen LogP contribution in [0.2, 0.25) is 0 Å². The average molecular weight is 526 g/mol. The van der Waals surface area contributed by atoms with Gasteiger partial charge in [-0.1, -0.05) is 18.2 Å². The van der Waals surface area contributed by atoms with Crippen LogP contribution in [-0.2, 0) is 13.0 Å². The van der Waals surface area contributed by atoms with Gasteiger partial charge in [0.25, 0.3) is 0 Å². The number of nitrogens with zero attached hydrogens (tertiary/aromatic N) is 2. The van der Waals surface area contributed by atoms with E-state index in [4.69, 9.17) is 4.74 Å². The normalized spacial score (nSPS) is 11.6. The molecule has 0 radical (unpaired) electrons. The molecule has 1 aromatic heterocycles. The number of rotatable bonds is 8. The highest BCUT2D eigenvalue weighted by atomic mass is 127. The van der Waals surface area contributed by atoms with E-state index in [0.717, 1.165) is 5.56 Å². The van der Waals surface area contributed by atoms with Gasteiger partial charge in [-0.25, -0.2) is 14.4 Å². The number of ether oxygens (including phenoxy) is 1. The Morgan fingerprint density at radius 3 is 2.52 bits per heavy atom. The van der Waals surface area contributed by atoms with Crippen molar-refractivity contribution in [3.05, 3.63) is 59.5 Å². The molecule has 2 rings (SSSR count). The van der Waals surface area contributed by atoms with E-state index in [1.165, 1.54) is 18.3 Å². The monoisotopic (exact) mass is 526 g/mol. The first kappa shape index (κ1) is 24.9. The van der Waals surface area contributed by atoms with Crippen LogP contribution in [0.4, 0.5) is 17.6 Å². The van der Waals surface area contributed by atoms with E-state index >= 15 is 0 Å². The third kappa shape index (κ3) is 9.77. The number of halogens is 5. The molecule has 160 valence electrons. The van der Waals surface area contributed by atoms with E-state index in [1.807, 2.05) is 6.92 Å². The van der Waals surface area contributed by atoms with Crippen molar-refractivity contribution in [1.29, 1.82) is 0 Å². The molecule has 2 N–H and O–H groups in total. The molecule has 1 heterocycles. The van der Waals surface area contributed by atoms with Crippen LogP contribution < -0.4 is 15.4 Å². The van der Waals surface area contributed by atoms with Crippen LogP contribution in [-0.4, -0.2) is 36.8 Å². The summed E-state index contributed by atoms with van der Waals surface area (Å²) in [5, 5.41) is 6.20. The summed E-state index contributed by atoms with van der Waals surface area (Å²) in [5.74, 6) is 0.132. The molecule has 0 spiro atoms. The fourth-order valence-electron chi connectivity index (χ4n) is 2.31. The van der Waals surface area contributed by atoms with Gasteiger partial charge in [0.05, 0.1) is 6.54 Å². The quantitative estimate of drug-likeness (QED) is 0.236. The SMILES string of the molecule is CCNC(=NCc1cccnc1OCC(F)(F)F)NCCc1ccc(F)cc1.I. The van der Waals surface area contributed by atoms with Gasteiger partial charge in [0.2, 0.25) is 5.88 Å². The van der Waals surface area contributed by atoms with Crippen LogP contribution in [0, 0.1) is 5.82 Å². The Bertz CT molecular complexity index is 770. The molecular formula is C19H23F4IN4O. The number of pyridine rings is 1. The molecule has 0 amide bonds. The zero-order chi connectivity index (χ0) is 20.4. The Balaban J connectivity index is 0.00000420. The minimum absolute atomic E-state index is 0. The largest absolute Gasteiger partial charge is 0.468 e. The number of nitrogens with one attached hydrogen (secondary N) is 2. The summed E-state index contributed by atoms with van der Waals surface area (Å²) in [5.41, 5.74) is 1.42. The Morgan fingerprint density at radius 1 is 1.14 bits per heavy atom. The Kier molecular flexibility index (Phi) is 10.7. The predicted molar refractivity (Wildman–Crippen MR) is 114 cm³/mol. The second-order valence-corrected chi connectivity index (χ2v) is 5.87. The molecule has 0 unspecified atom stereocenters. The highest BCUT2D eigenvalue weighted by Crippen LogP contribution is 2.20. The van der Waals surface area contributed by atoms with Gasteiger partial charge in [0.15, 0.2) is 12.6 Å². The van der Waals surface area contributed by atoms with Crippen LogP contribution in [0.15, 0.2) is 47.6 Å². The predicted octanol–water partition coefficient (Wildman–Crippen LogP) is 4.08. The summed E-state index contributed by atoms with van der Waals surface area (Å²) in [6.45, 7) is 1.78. The third-order valence-corrected chi connectivity index (χ3v) is 3.59. The smallest absolute Gasteiger partial charge is 0.422 e. The van der Waals surface area contributed by atoms with E-state index in [-0.39, 0.29) is 42.2 Å². The molecule has 0 aliphatic heterocycles. The standard InChI is InChI=1S/C19H22F4N4O.HI/c1-2-24-18(26-11-9-14-5-7-16(20)8-6-14)27-12-15-4-3-10-25-17(15)28-13-19(21,22)23;/h3-8,10H,2,9,11-13H2,1H3,(H2,24,26,27);1H. The van der Waals surface area contributed by atoms with Gasteiger partial charge in [-0.2, -0.15) is 13.2 Å². The number of guanidine groups is 1. The molecule has 0 atom stereocenters. The van der Waals surface area contributed by atoms with Gasteiger partial charge in [0.1, 0.15) is 5.82 Å². The van der Waals surface area contributed by atoms with Gasteiger partial charge in [-0.3, -0.25) is 0 Å². The third-order valence-electron chi connectivity index (χ3n) is 3.59. The second kappa shape index (κ2) is 12.5. The van der Waals surface area contributed by atoms with Gasteiger partial charge >= 0.3 is 6.18 Å². The van der Waals surface area contributed by atoms with Crippen LogP contribution in [0.25, 0.3) is 0 Å². The molecule has 0 aliphatic rings. The summed E-state index contributed by atoms with van der Waals surface area (Å²) >= 11 is 0. The first-order valence-electron chi connectivity index (χ1n) is 8.77. The van der Waals surface area contributed by atoms with Crippen molar-refractivity contribution in [2.24, 2.45) is 4.99 Å². The molecule has 0 saturated heterocycles. The summed E-state index contributed by atoms with van der Waals surface area (Å²) in [6, 6.07) is 9.45. The fourth-order valence-corrected chi connectivity index (χ4v) is 2.31. The Hall–Kier alpha value is -2.11. The Morgan fingerprint density at radius 2 is 1.86 bits per heavy atom. The van der Waals surface area contributed by atoms with Gasteiger partial charge in [-0.05, 0) is 37.1 Å². The van der Waals surface area contributed by atoms with Crippen molar-refractivity contribution in [2.75, 3.05) is 19.7 Å². The van der Waals surface area contributed by atoms with Crippen LogP contribution in [0.3, 0.4) is 0 Å². The number of aromatic nitrogens is 1. The lowest BCUT2D eigenvalue weighted by Gasteiger charge is -2.13. The van der Waals surface area contributed by atoms with E-state index in [2.05, 4.69) is 20.6 Å². The lowest BCUT2D eigenvalue weighted by atomic mass is 10.1. The van der Waals surface area contributed by atoms with E-state index in [0.29, 0.717) is 31.0 Å². The zero-order valence-corrected chi connectivity index (χ0v) is 18.1. The maximum Gasteiger partial charge on any atom is 0.422 e. The number of benzene rings is 1. The van der Waals surface area contributed by atoms with E-state index < -0.39 is 12.8 Å². The van der Waals surface area contributed by atoms with Crippen LogP contribution >= 0.6 is 24.0 Å². The molecular weight excluding hydrogens is 503 g/mol. The molecule has 10 heteroatoms. The molecule has 1 aromatic carbocycles. The molecule has 0 saturated carbocycles. The van der Waals surface area contributed by atoms with Crippen molar-refractivity contribution >= 4 is 29.9 Å². The van der Waals surface area contributed by atoms with Crippen molar-refractivity contribution in [3.63, 3.8) is 0 Å². The molecule has 29 heavy (non-hydrogen) atoms. The van der Waals surface area contributed by atoms with Gasteiger partial charge in [0, 0.05) is 24.8 Å². The van der Waals surface area contributed by atoms with Gasteiger partial charge in [-0.15, -0.1) is 24.0 Å². The van der Waals surface area contributed by atoms with E-state index in [1.54, 1.807) is 24.3 Å². The first-order valence-corrected chi connectivity index (χ1v) is 8.77. The average Bonchev–Trinajstić information content (AvgIpc) is 2.66.